The highest BCUT2D eigenvalue weighted by molar-refractivity contribution is 6.11. The Hall–Kier alpha value is -6.18. The summed E-state index contributed by atoms with van der Waals surface area (Å²) in [7, 11) is 0. The van der Waals surface area contributed by atoms with E-state index in [0.29, 0.717) is 0 Å². The number of hydrogen-bond donors (Lipinski definition) is 0. The molecule has 3 aliphatic rings. The van der Waals surface area contributed by atoms with Crippen molar-refractivity contribution < 1.29 is 0 Å². The summed E-state index contributed by atoms with van der Waals surface area (Å²) in [6.07, 6.45) is 0. The minimum absolute atomic E-state index is 0.0835. The molecule has 3 aliphatic carbocycles. The molecule has 1 spiro atoms. The van der Waals surface area contributed by atoms with Crippen LogP contribution in [0.15, 0.2) is 176 Å². The van der Waals surface area contributed by atoms with Gasteiger partial charge in [0, 0.05) is 22.2 Å². The van der Waals surface area contributed by atoms with Crippen molar-refractivity contribution in [2.24, 2.45) is 0 Å². The Morgan fingerprint density at radius 3 is 1.57 bits per heavy atom. The molecule has 0 aromatic heterocycles. The summed E-state index contributed by atoms with van der Waals surface area (Å²) in [5, 5.41) is 2.55. The van der Waals surface area contributed by atoms with Crippen molar-refractivity contribution in [2.45, 2.75) is 24.7 Å². The van der Waals surface area contributed by atoms with Crippen molar-refractivity contribution in [1.82, 2.24) is 0 Å². The quantitative estimate of drug-likeness (QED) is 0.184. The lowest BCUT2D eigenvalue weighted by atomic mass is 9.70. The van der Waals surface area contributed by atoms with Crippen LogP contribution >= 0.6 is 0 Å². The fourth-order valence-electron chi connectivity index (χ4n) is 9.96. The average molecular weight is 650 g/mol. The van der Waals surface area contributed by atoms with Gasteiger partial charge in [-0.1, -0.05) is 159 Å². The molecule has 1 nitrogen and oxygen atoms in total. The SMILES string of the molecule is CC1(C)c2ccccc2-c2c1ccc1cccc(N(c3ccccc3)c3ccc4c(c3)C3(c5ccccc5-c5ccccc53)c3ccccc3-4)c21. The maximum atomic E-state index is 2.50. The van der Waals surface area contributed by atoms with Gasteiger partial charge >= 0.3 is 0 Å². The van der Waals surface area contributed by atoms with E-state index in [1.54, 1.807) is 0 Å². The first-order chi connectivity index (χ1) is 25.1. The van der Waals surface area contributed by atoms with Gasteiger partial charge in [-0.15, -0.1) is 0 Å². The van der Waals surface area contributed by atoms with Gasteiger partial charge in [-0.05, 0) is 102 Å². The van der Waals surface area contributed by atoms with Crippen LogP contribution < -0.4 is 4.90 Å². The van der Waals surface area contributed by atoms with Gasteiger partial charge in [0.1, 0.15) is 0 Å². The van der Waals surface area contributed by atoms with Crippen LogP contribution in [0.3, 0.4) is 0 Å². The topological polar surface area (TPSA) is 3.24 Å². The summed E-state index contributed by atoms with van der Waals surface area (Å²) in [6, 6.07) is 65.8. The molecule has 0 saturated heterocycles. The minimum Gasteiger partial charge on any atom is -0.310 e. The molecule has 51 heavy (non-hydrogen) atoms. The second-order valence-electron chi connectivity index (χ2n) is 14.8. The highest BCUT2D eigenvalue weighted by Crippen LogP contribution is 2.63. The second kappa shape index (κ2) is 10.2. The third kappa shape index (κ3) is 3.60. The zero-order valence-electron chi connectivity index (χ0n) is 28.7. The number of para-hydroxylation sites is 1. The lowest BCUT2D eigenvalue weighted by Crippen LogP contribution is -2.26. The molecular weight excluding hydrogens is 615 g/mol. The molecule has 0 heterocycles. The predicted molar refractivity (Wildman–Crippen MR) is 212 cm³/mol. The van der Waals surface area contributed by atoms with Crippen LogP contribution in [-0.2, 0) is 10.8 Å². The van der Waals surface area contributed by atoms with Gasteiger partial charge in [0.25, 0.3) is 0 Å². The van der Waals surface area contributed by atoms with Gasteiger partial charge in [-0.25, -0.2) is 0 Å². The van der Waals surface area contributed by atoms with Gasteiger partial charge in [-0.2, -0.15) is 0 Å². The first kappa shape index (κ1) is 28.6. The number of rotatable bonds is 3. The number of nitrogens with zero attached hydrogens (tertiary/aromatic N) is 1. The predicted octanol–water partition coefficient (Wildman–Crippen LogP) is 13.0. The molecule has 8 aromatic rings. The van der Waals surface area contributed by atoms with E-state index >= 15 is 0 Å². The molecule has 0 amide bonds. The van der Waals surface area contributed by atoms with Crippen LogP contribution in [0, 0.1) is 0 Å². The van der Waals surface area contributed by atoms with E-state index in [9.17, 15) is 0 Å². The summed E-state index contributed by atoms with van der Waals surface area (Å²) in [5.41, 5.74) is 19.2. The van der Waals surface area contributed by atoms with E-state index < -0.39 is 5.41 Å². The zero-order chi connectivity index (χ0) is 33.9. The van der Waals surface area contributed by atoms with Gasteiger partial charge in [-0.3, -0.25) is 0 Å². The average Bonchev–Trinajstić information content (AvgIpc) is 3.74. The second-order valence-corrected chi connectivity index (χ2v) is 14.8. The molecule has 0 unspecified atom stereocenters. The van der Waals surface area contributed by atoms with Crippen molar-refractivity contribution in [3.63, 3.8) is 0 Å². The lowest BCUT2D eigenvalue weighted by Gasteiger charge is -2.32. The molecule has 0 radical (unpaired) electrons. The summed E-state index contributed by atoms with van der Waals surface area (Å²) in [6.45, 7) is 4.74. The first-order valence-corrected chi connectivity index (χ1v) is 18.0. The van der Waals surface area contributed by atoms with Gasteiger partial charge in [0.2, 0.25) is 0 Å². The molecule has 11 rings (SSSR count). The minimum atomic E-state index is -0.402. The van der Waals surface area contributed by atoms with E-state index in [2.05, 4.69) is 195 Å². The zero-order valence-corrected chi connectivity index (χ0v) is 28.7. The number of anilines is 3. The Kier molecular flexibility index (Phi) is 5.72. The van der Waals surface area contributed by atoms with Gasteiger partial charge in [0.05, 0.1) is 11.1 Å². The molecule has 8 aromatic carbocycles. The molecule has 0 atom stereocenters. The number of hydrogen-bond acceptors (Lipinski definition) is 1. The van der Waals surface area contributed by atoms with Crippen molar-refractivity contribution in [3.05, 3.63) is 209 Å². The molecule has 0 bridgehead atoms. The van der Waals surface area contributed by atoms with Crippen LogP contribution in [0.1, 0.15) is 47.2 Å². The summed E-state index contributed by atoms with van der Waals surface area (Å²) in [5.74, 6) is 0. The summed E-state index contributed by atoms with van der Waals surface area (Å²) in [4.78, 5) is 2.50. The Morgan fingerprint density at radius 1 is 0.373 bits per heavy atom. The fourth-order valence-corrected chi connectivity index (χ4v) is 9.96. The standard InChI is InChI=1S/C50H35N/c1-49(2)40-22-10-9-21-39(40)48-44(49)30-27-32-15-14-26-46(47(32)48)51(33-16-4-3-5-17-33)34-28-29-38-37-20-8-13-25-43(37)50(45(38)31-34)41-23-11-6-18-35(41)36-19-7-12-24-42(36)50/h3-31H,1-2H3. The Balaban J connectivity index is 1.23. The van der Waals surface area contributed by atoms with Crippen LogP contribution in [0.25, 0.3) is 44.2 Å². The first-order valence-electron chi connectivity index (χ1n) is 18.0. The van der Waals surface area contributed by atoms with E-state index in [1.165, 1.54) is 83.2 Å². The van der Waals surface area contributed by atoms with Crippen LogP contribution in [0.5, 0.6) is 0 Å². The Labute approximate surface area is 299 Å². The molecule has 0 fully saturated rings. The van der Waals surface area contributed by atoms with Crippen molar-refractivity contribution in [3.8, 4) is 33.4 Å². The number of benzene rings is 8. The van der Waals surface area contributed by atoms with Gasteiger partial charge < -0.3 is 4.90 Å². The third-order valence-corrected chi connectivity index (χ3v) is 12.1. The summed E-state index contributed by atoms with van der Waals surface area (Å²) < 4.78 is 0. The molecule has 0 N–H and O–H groups in total. The smallest absolute Gasteiger partial charge is 0.0726 e. The van der Waals surface area contributed by atoms with E-state index in [4.69, 9.17) is 0 Å². The highest BCUT2D eigenvalue weighted by atomic mass is 15.1. The third-order valence-electron chi connectivity index (χ3n) is 12.1. The maximum absolute atomic E-state index is 2.50. The van der Waals surface area contributed by atoms with Crippen molar-refractivity contribution in [2.75, 3.05) is 4.90 Å². The molecule has 0 saturated carbocycles. The molecular formula is C50H35N. The maximum Gasteiger partial charge on any atom is 0.0726 e. The largest absolute Gasteiger partial charge is 0.310 e. The normalized spacial score (nSPS) is 14.8. The lowest BCUT2D eigenvalue weighted by molar-refractivity contribution is 0.661. The van der Waals surface area contributed by atoms with E-state index in [0.717, 1.165) is 11.4 Å². The van der Waals surface area contributed by atoms with Crippen molar-refractivity contribution in [1.29, 1.82) is 0 Å². The molecule has 0 aliphatic heterocycles. The Morgan fingerprint density at radius 2 is 0.922 bits per heavy atom. The number of fused-ring (bicyclic) bond motifs is 15. The highest BCUT2D eigenvalue weighted by Gasteiger charge is 2.51. The molecule has 1 heteroatoms. The van der Waals surface area contributed by atoms with Gasteiger partial charge in [0.15, 0.2) is 0 Å². The van der Waals surface area contributed by atoms with Crippen LogP contribution in [0.2, 0.25) is 0 Å². The van der Waals surface area contributed by atoms with Crippen LogP contribution in [-0.4, -0.2) is 0 Å². The van der Waals surface area contributed by atoms with Crippen LogP contribution in [0.4, 0.5) is 17.1 Å². The van der Waals surface area contributed by atoms with E-state index in [-0.39, 0.29) is 5.41 Å². The monoisotopic (exact) mass is 649 g/mol. The van der Waals surface area contributed by atoms with E-state index in [1.807, 2.05) is 0 Å². The Bertz CT molecular complexity index is 2670. The fraction of sp³-hybridized carbons (Fsp3) is 0.0800. The van der Waals surface area contributed by atoms with Crippen molar-refractivity contribution >= 4 is 27.8 Å². The molecule has 240 valence electrons. The summed E-state index contributed by atoms with van der Waals surface area (Å²) >= 11 is 0.